The third-order valence-electron chi connectivity index (χ3n) is 5.06. The van der Waals surface area contributed by atoms with Gasteiger partial charge in [-0.15, -0.1) is 0 Å². The Labute approximate surface area is 130 Å². The van der Waals surface area contributed by atoms with Crippen LogP contribution >= 0.6 is 0 Å². The Kier molecular flexibility index (Phi) is 3.45. The number of hydrogen-bond acceptors (Lipinski definition) is 2. The molecule has 1 aliphatic carbocycles. The molecule has 0 radical (unpaired) electrons. The molecular formula is C18H21N3O. The minimum atomic E-state index is 0.307. The zero-order valence-corrected chi connectivity index (χ0v) is 12.7. The lowest BCUT2D eigenvalue weighted by molar-refractivity contribution is -0.136. The molecule has 2 bridgehead atoms. The Bertz CT molecular complexity index is 665. The number of amides is 1. The van der Waals surface area contributed by atoms with E-state index in [2.05, 4.69) is 34.1 Å². The van der Waals surface area contributed by atoms with Crippen LogP contribution in [0.5, 0.6) is 0 Å². The Morgan fingerprint density at radius 3 is 2.91 bits per heavy atom. The average molecular weight is 295 g/mol. The normalized spacial score (nSPS) is 22.6. The number of carbonyl (C=O) groups is 1. The molecular weight excluding hydrogens is 274 g/mol. The van der Waals surface area contributed by atoms with Crippen LogP contribution < -0.4 is 0 Å². The Morgan fingerprint density at radius 1 is 1.23 bits per heavy atom. The molecule has 1 aromatic carbocycles. The van der Waals surface area contributed by atoms with Crippen LogP contribution in [0.15, 0.2) is 43.0 Å². The van der Waals surface area contributed by atoms with Gasteiger partial charge in [0.1, 0.15) is 0 Å². The third kappa shape index (κ3) is 2.32. The van der Waals surface area contributed by atoms with Crippen molar-refractivity contribution in [1.29, 1.82) is 0 Å². The van der Waals surface area contributed by atoms with Gasteiger partial charge in [-0.25, -0.2) is 4.98 Å². The van der Waals surface area contributed by atoms with E-state index in [1.807, 2.05) is 17.1 Å². The van der Waals surface area contributed by atoms with Crippen LogP contribution in [-0.2, 0) is 11.3 Å². The van der Waals surface area contributed by atoms with Gasteiger partial charge in [-0.1, -0.05) is 24.3 Å². The second-order valence-corrected chi connectivity index (χ2v) is 6.37. The van der Waals surface area contributed by atoms with Gasteiger partial charge in [-0.3, -0.25) is 4.79 Å². The van der Waals surface area contributed by atoms with E-state index < -0.39 is 0 Å². The molecule has 0 N–H and O–H groups in total. The molecule has 3 heterocycles. The van der Waals surface area contributed by atoms with Crippen molar-refractivity contribution < 1.29 is 4.79 Å². The van der Waals surface area contributed by atoms with E-state index in [0.717, 1.165) is 25.9 Å². The van der Waals surface area contributed by atoms with Gasteiger partial charge in [-0.05, 0) is 30.4 Å². The van der Waals surface area contributed by atoms with Crippen LogP contribution in [0.3, 0.4) is 0 Å². The predicted molar refractivity (Wildman–Crippen MR) is 84.3 cm³/mol. The van der Waals surface area contributed by atoms with Crippen LogP contribution in [0.4, 0.5) is 0 Å². The molecule has 2 aromatic rings. The van der Waals surface area contributed by atoms with Crippen molar-refractivity contribution in [3.8, 4) is 0 Å². The first-order valence-electron chi connectivity index (χ1n) is 8.17. The Morgan fingerprint density at radius 2 is 2.09 bits per heavy atom. The van der Waals surface area contributed by atoms with Crippen molar-refractivity contribution in [1.82, 2.24) is 14.5 Å². The number of nitrogens with zero attached hydrogens (tertiary/aromatic N) is 3. The number of hydrogen-bond donors (Lipinski definition) is 0. The number of aryl methyl sites for hydroxylation is 1. The van der Waals surface area contributed by atoms with E-state index in [1.165, 1.54) is 17.5 Å². The van der Waals surface area contributed by atoms with Gasteiger partial charge in [0.05, 0.1) is 12.4 Å². The highest BCUT2D eigenvalue weighted by Gasteiger charge is 2.39. The summed E-state index contributed by atoms with van der Waals surface area (Å²) in [5, 5.41) is 0. The number of fused-ring (bicyclic) bond motifs is 2. The van der Waals surface area contributed by atoms with Crippen molar-refractivity contribution in [3.05, 3.63) is 54.1 Å². The molecule has 4 heteroatoms. The van der Waals surface area contributed by atoms with E-state index in [1.54, 1.807) is 6.20 Å². The highest BCUT2D eigenvalue weighted by atomic mass is 16.2. The molecule has 1 amide bonds. The molecule has 3 aliphatic rings. The molecule has 22 heavy (non-hydrogen) atoms. The van der Waals surface area contributed by atoms with E-state index in [9.17, 15) is 4.79 Å². The fraction of sp³-hybridized carbons (Fsp3) is 0.444. The SMILES string of the molecule is O=C(CCCn1ccnc1)N1C[C@H]2CC[C@H]1c1ccccc12. The lowest BCUT2D eigenvalue weighted by atomic mass is 9.75. The number of aromatic nitrogens is 2. The fourth-order valence-corrected chi connectivity index (χ4v) is 3.99. The monoisotopic (exact) mass is 295 g/mol. The number of rotatable bonds is 4. The lowest BCUT2D eigenvalue weighted by Crippen LogP contribution is -2.45. The molecule has 1 fully saturated rings. The smallest absolute Gasteiger partial charge is 0.223 e. The average Bonchev–Trinajstić information content (AvgIpc) is 3.09. The molecule has 2 atom stereocenters. The van der Waals surface area contributed by atoms with Crippen molar-refractivity contribution in [3.63, 3.8) is 0 Å². The van der Waals surface area contributed by atoms with Crippen molar-refractivity contribution in [2.45, 2.75) is 44.2 Å². The molecule has 4 nitrogen and oxygen atoms in total. The molecule has 5 rings (SSSR count). The second kappa shape index (κ2) is 5.59. The topological polar surface area (TPSA) is 38.1 Å². The maximum absolute atomic E-state index is 12.6. The number of carbonyl (C=O) groups excluding carboxylic acids is 1. The minimum absolute atomic E-state index is 0.307. The van der Waals surface area contributed by atoms with Gasteiger partial charge >= 0.3 is 0 Å². The summed E-state index contributed by atoms with van der Waals surface area (Å²) < 4.78 is 2.03. The van der Waals surface area contributed by atoms with Gasteiger partial charge in [0.25, 0.3) is 0 Å². The fourth-order valence-electron chi connectivity index (χ4n) is 3.99. The first-order valence-corrected chi connectivity index (χ1v) is 8.17. The summed E-state index contributed by atoms with van der Waals surface area (Å²) in [5.41, 5.74) is 2.86. The van der Waals surface area contributed by atoms with Gasteiger partial charge < -0.3 is 9.47 Å². The molecule has 2 aliphatic heterocycles. The van der Waals surface area contributed by atoms with Crippen molar-refractivity contribution in [2.24, 2.45) is 0 Å². The van der Waals surface area contributed by atoms with Crippen LogP contribution in [0, 0.1) is 0 Å². The summed E-state index contributed by atoms with van der Waals surface area (Å²) in [7, 11) is 0. The van der Waals surface area contributed by atoms with E-state index in [-0.39, 0.29) is 0 Å². The molecule has 0 saturated carbocycles. The zero-order chi connectivity index (χ0) is 14.9. The van der Waals surface area contributed by atoms with Gasteiger partial charge in [0.15, 0.2) is 0 Å². The summed E-state index contributed by atoms with van der Waals surface area (Å²) in [5.74, 6) is 0.850. The standard InChI is InChI=1S/C18H21N3O/c22-18(6-3-10-20-11-9-19-13-20)21-12-14-7-8-17(21)16-5-2-1-4-15(14)16/h1-2,4-5,9,11,13-14,17H,3,6-8,10,12H2/t14-,17+/m1/s1. The number of benzene rings is 1. The molecule has 1 aromatic heterocycles. The van der Waals surface area contributed by atoms with Crippen LogP contribution in [0.2, 0.25) is 0 Å². The first kappa shape index (κ1) is 13.6. The highest BCUT2D eigenvalue weighted by Crippen LogP contribution is 2.46. The van der Waals surface area contributed by atoms with E-state index in [4.69, 9.17) is 0 Å². The van der Waals surface area contributed by atoms with Crippen LogP contribution in [-0.4, -0.2) is 26.9 Å². The quantitative estimate of drug-likeness (QED) is 0.869. The maximum atomic E-state index is 12.6. The largest absolute Gasteiger partial charge is 0.337 e. The molecule has 114 valence electrons. The maximum Gasteiger partial charge on any atom is 0.223 e. The van der Waals surface area contributed by atoms with Crippen molar-refractivity contribution in [2.75, 3.05) is 6.54 Å². The van der Waals surface area contributed by atoms with Gasteiger partial charge in [0.2, 0.25) is 5.91 Å². The van der Waals surface area contributed by atoms with Crippen LogP contribution in [0.25, 0.3) is 0 Å². The van der Waals surface area contributed by atoms with Gasteiger partial charge in [0, 0.05) is 37.8 Å². The first-order chi connectivity index (χ1) is 10.8. The summed E-state index contributed by atoms with van der Waals surface area (Å²) >= 11 is 0. The highest BCUT2D eigenvalue weighted by molar-refractivity contribution is 5.77. The second-order valence-electron chi connectivity index (χ2n) is 6.37. The zero-order valence-electron chi connectivity index (χ0n) is 12.7. The molecule has 1 saturated heterocycles. The van der Waals surface area contributed by atoms with Crippen LogP contribution in [0.1, 0.15) is 48.8 Å². The summed E-state index contributed by atoms with van der Waals surface area (Å²) in [4.78, 5) is 18.8. The molecule has 0 spiro atoms. The van der Waals surface area contributed by atoms with E-state index in [0.29, 0.717) is 24.3 Å². The summed E-state index contributed by atoms with van der Waals surface area (Å²) in [6.45, 7) is 1.77. The Balaban J connectivity index is 1.42. The Hall–Kier alpha value is -2.10. The minimum Gasteiger partial charge on any atom is -0.337 e. The lowest BCUT2D eigenvalue weighted by Gasteiger charge is -2.46. The summed E-state index contributed by atoms with van der Waals surface area (Å²) in [6.07, 6.45) is 9.39. The molecule has 0 unspecified atom stereocenters. The summed E-state index contributed by atoms with van der Waals surface area (Å²) in [6, 6.07) is 8.98. The third-order valence-corrected chi connectivity index (χ3v) is 5.06. The van der Waals surface area contributed by atoms with Crippen molar-refractivity contribution >= 4 is 5.91 Å². The number of piperidine rings is 1. The van der Waals surface area contributed by atoms with Gasteiger partial charge in [-0.2, -0.15) is 0 Å². The van der Waals surface area contributed by atoms with E-state index >= 15 is 0 Å². The predicted octanol–water partition coefficient (Wildman–Crippen LogP) is 3.12. The number of imidazole rings is 1.